The van der Waals surface area contributed by atoms with Crippen LogP contribution < -0.4 is 4.74 Å². The largest absolute Gasteiger partial charge is 0.494 e. The molecule has 0 bridgehead atoms. The van der Waals surface area contributed by atoms with Gasteiger partial charge in [-0.15, -0.1) is 0 Å². The van der Waals surface area contributed by atoms with Crippen molar-refractivity contribution in [3.8, 4) is 11.4 Å². The summed E-state index contributed by atoms with van der Waals surface area (Å²) < 4.78 is 9.25. The summed E-state index contributed by atoms with van der Waals surface area (Å²) in [7, 11) is 0. The lowest BCUT2D eigenvalue weighted by Gasteiger charge is -2.17. The molecule has 0 spiro atoms. The lowest BCUT2D eigenvalue weighted by Crippen LogP contribution is -2.24. The van der Waals surface area contributed by atoms with Gasteiger partial charge in [0.15, 0.2) is 0 Å². The first-order valence-electron chi connectivity index (χ1n) is 9.43. The van der Waals surface area contributed by atoms with Gasteiger partial charge in [0.05, 0.1) is 12.1 Å². The van der Waals surface area contributed by atoms with Crippen molar-refractivity contribution in [1.82, 2.24) is 9.47 Å². The monoisotopic (exact) mass is 414 g/mol. The lowest BCUT2D eigenvalue weighted by molar-refractivity contribution is 0.266. The fraction of sp³-hybridized carbons (Fsp3) is 0.364. The third kappa shape index (κ3) is 4.68. The zero-order valence-electron chi connectivity index (χ0n) is 15.6. The van der Waals surface area contributed by atoms with E-state index in [-0.39, 0.29) is 0 Å². The molecular weight excluding hydrogens is 388 g/mol. The van der Waals surface area contributed by atoms with Crippen molar-refractivity contribution in [3.63, 3.8) is 0 Å². The predicted octanol–water partition coefficient (Wildman–Crippen LogP) is 5.89. The Bertz CT molecular complexity index is 839. The molecule has 1 aromatic heterocycles. The molecule has 0 N–H and O–H groups in total. The zero-order valence-corrected chi connectivity index (χ0v) is 17.2. The van der Waals surface area contributed by atoms with E-state index in [0.29, 0.717) is 0 Å². The lowest BCUT2D eigenvalue weighted by atomic mass is 10.2. The summed E-state index contributed by atoms with van der Waals surface area (Å²) in [6.45, 7) is 8.63. The van der Waals surface area contributed by atoms with Gasteiger partial charge < -0.3 is 14.2 Å². The smallest absolute Gasteiger partial charge is 0.120 e. The molecule has 2 aromatic carbocycles. The van der Waals surface area contributed by atoms with Crippen LogP contribution in [0.3, 0.4) is 0 Å². The number of halogens is 1. The zero-order chi connectivity index (χ0) is 18.4. The molecule has 0 aliphatic heterocycles. The predicted molar refractivity (Wildman–Crippen MR) is 113 cm³/mol. The Morgan fingerprint density at radius 3 is 2.62 bits per heavy atom. The van der Waals surface area contributed by atoms with Crippen molar-refractivity contribution in [2.45, 2.75) is 26.7 Å². The second-order valence-electron chi connectivity index (χ2n) is 6.47. The van der Waals surface area contributed by atoms with Crippen molar-refractivity contribution < 1.29 is 4.74 Å². The van der Waals surface area contributed by atoms with E-state index in [9.17, 15) is 0 Å². The summed E-state index contributed by atoms with van der Waals surface area (Å²) in [5.41, 5.74) is 2.34. The Hall–Kier alpha value is -1.78. The summed E-state index contributed by atoms with van der Waals surface area (Å²) in [4.78, 5) is 2.46. The van der Waals surface area contributed by atoms with Crippen LogP contribution in [-0.2, 0) is 0 Å². The number of ether oxygens (including phenoxy) is 1. The minimum atomic E-state index is 0.777. The Balaban J connectivity index is 1.60. The van der Waals surface area contributed by atoms with E-state index in [1.807, 2.05) is 6.07 Å². The van der Waals surface area contributed by atoms with Crippen molar-refractivity contribution in [2.24, 2.45) is 0 Å². The maximum atomic E-state index is 5.96. The molecule has 0 aliphatic rings. The molecule has 3 rings (SSSR count). The van der Waals surface area contributed by atoms with E-state index in [1.54, 1.807) is 0 Å². The fourth-order valence-corrected chi connectivity index (χ4v) is 3.62. The Kier molecular flexibility index (Phi) is 6.75. The van der Waals surface area contributed by atoms with Gasteiger partial charge in [-0.1, -0.05) is 35.8 Å². The number of nitrogens with zero attached hydrogens (tertiary/aromatic N) is 2. The summed E-state index contributed by atoms with van der Waals surface area (Å²) in [5, 5.41) is 1.20. The van der Waals surface area contributed by atoms with E-state index in [2.05, 4.69) is 87.9 Å². The highest BCUT2D eigenvalue weighted by Crippen LogP contribution is 2.26. The Morgan fingerprint density at radius 1 is 1.00 bits per heavy atom. The second-order valence-corrected chi connectivity index (χ2v) is 7.38. The minimum absolute atomic E-state index is 0.777. The van der Waals surface area contributed by atoms with Crippen molar-refractivity contribution in [3.05, 3.63) is 59.2 Å². The maximum Gasteiger partial charge on any atom is 0.120 e. The van der Waals surface area contributed by atoms with Crippen molar-refractivity contribution in [1.29, 1.82) is 0 Å². The summed E-state index contributed by atoms with van der Waals surface area (Å²) >= 11 is 3.55. The van der Waals surface area contributed by atoms with Gasteiger partial charge in [-0.2, -0.15) is 0 Å². The standard InChI is InChI=1S/C22H27BrN2O/c1-3-24(4-2)13-5-6-15-26-21-10-11-22-18(16-21)12-14-25(22)20-9-7-8-19(23)17-20/h7-12,14,16-17H,3-6,13,15H2,1-2H3. The molecule has 138 valence electrons. The summed E-state index contributed by atoms with van der Waals surface area (Å²) in [6.07, 6.45) is 4.39. The molecule has 3 aromatic rings. The van der Waals surface area contributed by atoms with Crippen molar-refractivity contribution >= 4 is 26.8 Å². The summed E-state index contributed by atoms with van der Waals surface area (Å²) in [6, 6.07) is 16.8. The highest BCUT2D eigenvalue weighted by Gasteiger charge is 2.05. The van der Waals surface area contributed by atoms with Gasteiger partial charge in [-0.3, -0.25) is 0 Å². The van der Waals surface area contributed by atoms with Gasteiger partial charge in [-0.25, -0.2) is 0 Å². The van der Waals surface area contributed by atoms with Crippen LogP contribution in [0.1, 0.15) is 26.7 Å². The van der Waals surface area contributed by atoms with E-state index in [1.165, 1.54) is 17.3 Å². The average molecular weight is 415 g/mol. The van der Waals surface area contributed by atoms with Crippen molar-refractivity contribution in [2.75, 3.05) is 26.2 Å². The molecule has 4 heteroatoms. The van der Waals surface area contributed by atoms with Crippen LogP contribution in [0.25, 0.3) is 16.6 Å². The number of hydrogen-bond donors (Lipinski definition) is 0. The Labute approximate surface area is 164 Å². The Morgan fingerprint density at radius 2 is 1.85 bits per heavy atom. The molecular formula is C22H27BrN2O. The first-order chi connectivity index (χ1) is 12.7. The molecule has 0 saturated carbocycles. The highest BCUT2D eigenvalue weighted by molar-refractivity contribution is 9.10. The highest BCUT2D eigenvalue weighted by atomic mass is 79.9. The minimum Gasteiger partial charge on any atom is -0.494 e. The maximum absolute atomic E-state index is 5.96. The van der Waals surface area contributed by atoms with Gasteiger partial charge in [0.25, 0.3) is 0 Å². The molecule has 0 amide bonds. The van der Waals surface area contributed by atoms with Crippen LogP contribution in [0.15, 0.2) is 59.2 Å². The first kappa shape index (κ1) is 19.0. The van der Waals surface area contributed by atoms with Crippen LogP contribution in [0.5, 0.6) is 5.75 Å². The van der Waals surface area contributed by atoms with E-state index in [0.717, 1.165) is 48.6 Å². The van der Waals surface area contributed by atoms with E-state index < -0.39 is 0 Å². The van der Waals surface area contributed by atoms with E-state index >= 15 is 0 Å². The molecule has 0 saturated heterocycles. The van der Waals surface area contributed by atoms with E-state index in [4.69, 9.17) is 4.74 Å². The van der Waals surface area contributed by atoms with Crippen LogP contribution >= 0.6 is 15.9 Å². The topological polar surface area (TPSA) is 17.4 Å². The van der Waals surface area contributed by atoms with Crippen LogP contribution in [0.4, 0.5) is 0 Å². The number of fused-ring (bicyclic) bond motifs is 1. The summed E-state index contributed by atoms with van der Waals surface area (Å²) in [5.74, 6) is 0.951. The molecule has 26 heavy (non-hydrogen) atoms. The molecule has 1 heterocycles. The molecule has 0 radical (unpaired) electrons. The van der Waals surface area contributed by atoms with Gasteiger partial charge in [-0.05, 0) is 74.9 Å². The SMILES string of the molecule is CCN(CC)CCCCOc1ccc2c(ccn2-c2cccc(Br)c2)c1. The van der Waals surface area contributed by atoms with Gasteiger partial charge in [0, 0.05) is 21.7 Å². The quantitative estimate of drug-likeness (QED) is 0.405. The van der Waals surface area contributed by atoms with Crippen LogP contribution in [0.2, 0.25) is 0 Å². The first-order valence-corrected chi connectivity index (χ1v) is 10.2. The fourth-order valence-electron chi connectivity index (χ4n) is 3.23. The van der Waals surface area contributed by atoms with Gasteiger partial charge in [0.1, 0.15) is 5.75 Å². The molecule has 3 nitrogen and oxygen atoms in total. The number of hydrogen-bond acceptors (Lipinski definition) is 2. The number of aromatic nitrogens is 1. The number of unbranched alkanes of at least 4 members (excludes halogenated alkanes) is 1. The molecule has 0 fully saturated rings. The number of rotatable bonds is 9. The second kappa shape index (κ2) is 9.24. The van der Waals surface area contributed by atoms with Gasteiger partial charge in [0.2, 0.25) is 0 Å². The number of benzene rings is 2. The normalized spacial score (nSPS) is 11.4. The third-order valence-electron chi connectivity index (χ3n) is 4.78. The van der Waals surface area contributed by atoms with Gasteiger partial charge >= 0.3 is 0 Å². The molecule has 0 atom stereocenters. The van der Waals surface area contributed by atoms with Crippen LogP contribution in [-0.4, -0.2) is 35.7 Å². The molecule has 0 unspecified atom stereocenters. The average Bonchev–Trinajstić information content (AvgIpc) is 3.08. The molecule has 0 aliphatic carbocycles. The van der Waals surface area contributed by atoms with Crippen LogP contribution in [0, 0.1) is 0 Å². The third-order valence-corrected chi connectivity index (χ3v) is 5.27.